The van der Waals surface area contributed by atoms with Gasteiger partial charge in [-0.05, 0) is 0 Å². The molecule has 1 atom stereocenters. The third-order valence-corrected chi connectivity index (χ3v) is 2.90. The van der Waals surface area contributed by atoms with Crippen LogP contribution in [0.15, 0.2) is 0 Å². The van der Waals surface area contributed by atoms with E-state index in [-0.39, 0.29) is 38.3 Å². The number of hydrogen-bond donors (Lipinski definition) is 2. The van der Waals surface area contributed by atoms with Gasteiger partial charge in [-0.15, -0.1) is 0 Å². The van der Waals surface area contributed by atoms with Gasteiger partial charge in [0, 0.05) is 0 Å². The average molecular weight is 323 g/mol. The Morgan fingerprint density at radius 2 is 2.33 bits per heavy atom. The van der Waals surface area contributed by atoms with Gasteiger partial charge in [-0.25, -0.2) is 0 Å². The Morgan fingerprint density at radius 3 is 2.67 bits per heavy atom. The molecule has 0 aromatic heterocycles. The summed E-state index contributed by atoms with van der Waals surface area (Å²) in [7, 11) is 0. The molecular formula is C6H15NO2SSe2. The third-order valence-electron chi connectivity index (χ3n) is 1.17. The van der Waals surface area contributed by atoms with E-state index in [1.165, 1.54) is 0 Å². The summed E-state index contributed by atoms with van der Waals surface area (Å²) >= 11 is 1.91. The summed E-state index contributed by atoms with van der Waals surface area (Å²) in [6, 6.07) is -0.340. The van der Waals surface area contributed by atoms with Crippen LogP contribution in [0.2, 0.25) is 5.82 Å². The number of rotatable bonds is 6. The number of thioether (sulfide) groups is 1. The van der Waals surface area contributed by atoms with Crippen LogP contribution in [0.1, 0.15) is 6.42 Å². The second-order valence-electron chi connectivity index (χ2n) is 1.99. The molecule has 0 saturated carbocycles. The molecule has 0 radical (unpaired) electrons. The third kappa shape index (κ3) is 7.47. The molecule has 0 bridgehead atoms. The second-order valence-corrected chi connectivity index (χ2v) is 4.33. The molecule has 74 valence electrons. The van der Waals surface area contributed by atoms with E-state index in [1.54, 1.807) is 11.8 Å². The summed E-state index contributed by atoms with van der Waals surface area (Å²) in [6.45, 7) is 0. The van der Waals surface area contributed by atoms with Gasteiger partial charge in [0.15, 0.2) is 0 Å². The molecule has 0 aliphatic carbocycles. The molecular weight excluding hydrogens is 308 g/mol. The van der Waals surface area contributed by atoms with Crippen LogP contribution >= 0.6 is 11.8 Å². The minimum atomic E-state index is -0.734. The fourth-order valence-electron chi connectivity index (χ4n) is 0.611. The van der Waals surface area contributed by atoms with Crippen molar-refractivity contribution in [2.24, 2.45) is 0 Å². The van der Waals surface area contributed by atoms with Crippen molar-refractivity contribution in [3.63, 3.8) is 0 Å². The summed E-state index contributed by atoms with van der Waals surface area (Å²) in [5.74, 6) is 2.14. The predicted molar refractivity (Wildman–Crippen MR) is 57.7 cm³/mol. The van der Waals surface area contributed by atoms with E-state index >= 15 is 0 Å². The van der Waals surface area contributed by atoms with Gasteiger partial charge < -0.3 is 0 Å². The van der Waals surface area contributed by atoms with Crippen LogP contribution in [-0.2, 0) is 4.79 Å². The van der Waals surface area contributed by atoms with Crippen molar-refractivity contribution in [1.29, 1.82) is 0 Å². The summed E-state index contributed by atoms with van der Waals surface area (Å²) in [5, 5.41) is 8.67. The van der Waals surface area contributed by atoms with Gasteiger partial charge in [0.05, 0.1) is 0 Å². The quantitative estimate of drug-likeness (QED) is 0.649. The van der Waals surface area contributed by atoms with Gasteiger partial charge in [-0.2, -0.15) is 0 Å². The van der Waals surface area contributed by atoms with Gasteiger partial charge in [0.1, 0.15) is 0 Å². The molecule has 1 unspecified atom stereocenters. The van der Waals surface area contributed by atoms with Crippen LogP contribution in [0.5, 0.6) is 0 Å². The molecule has 0 heterocycles. The first-order valence-corrected chi connectivity index (χ1v) is 7.19. The number of nitrogens with one attached hydrogen (secondary N) is 1. The maximum atomic E-state index is 10.5. The van der Waals surface area contributed by atoms with Crippen LogP contribution in [0.25, 0.3) is 0 Å². The van der Waals surface area contributed by atoms with Crippen LogP contribution in [0.4, 0.5) is 0 Å². The molecule has 0 aromatic rings. The van der Waals surface area contributed by atoms with E-state index < -0.39 is 5.97 Å². The van der Waals surface area contributed by atoms with E-state index in [0.717, 1.165) is 5.75 Å². The number of hydrogen-bond acceptors (Lipinski definition) is 3. The minimum absolute atomic E-state index is 0. The average Bonchev–Trinajstić information content (AvgIpc) is 1.97. The number of aliphatic carboxylic acids is 1. The molecule has 0 aliphatic rings. The van der Waals surface area contributed by atoms with Gasteiger partial charge in [0.2, 0.25) is 0 Å². The van der Waals surface area contributed by atoms with Gasteiger partial charge in [-0.3, -0.25) is 0 Å². The normalized spacial score (nSPS) is 11.8. The fraction of sp³-hybridized carbons (Fsp3) is 0.833. The second kappa shape index (κ2) is 9.90. The van der Waals surface area contributed by atoms with Crippen LogP contribution in [0.3, 0.4) is 0 Å². The standard InChI is InChI=1S/C6H13NO2SSe.H2Se/c1-10-4-3-5(6(8)9)7-11-2;/h5,7H,3-4H2,1-2H3,(H,8,9);1H2. The van der Waals surface area contributed by atoms with E-state index in [2.05, 4.69) is 4.33 Å². The first-order chi connectivity index (χ1) is 5.22. The van der Waals surface area contributed by atoms with Crippen LogP contribution in [-0.4, -0.2) is 61.4 Å². The van der Waals surface area contributed by atoms with Crippen molar-refractivity contribution in [2.75, 3.05) is 12.0 Å². The predicted octanol–water partition coefficient (Wildman–Crippen LogP) is -0.467. The molecule has 3 nitrogen and oxygen atoms in total. The van der Waals surface area contributed by atoms with Gasteiger partial charge in [-0.1, -0.05) is 0 Å². The Morgan fingerprint density at radius 1 is 1.75 bits per heavy atom. The fourth-order valence-corrected chi connectivity index (χ4v) is 2.14. The summed E-state index contributed by atoms with van der Waals surface area (Å²) in [4.78, 5) is 10.5. The molecule has 6 heteroatoms. The topological polar surface area (TPSA) is 49.3 Å². The maximum absolute atomic E-state index is 10.5. The monoisotopic (exact) mass is 325 g/mol. The van der Waals surface area contributed by atoms with Crippen molar-refractivity contribution >= 4 is 50.0 Å². The molecule has 0 spiro atoms. The molecule has 2 N–H and O–H groups in total. The number of carboxylic acids is 1. The summed E-state index contributed by atoms with van der Waals surface area (Å²) in [5.41, 5.74) is 0. The Balaban J connectivity index is 0. The first-order valence-electron chi connectivity index (χ1n) is 3.22. The van der Waals surface area contributed by atoms with Crippen molar-refractivity contribution < 1.29 is 9.90 Å². The van der Waals surface area contributed by atoms with E-state index in [9.17, 15) is 4.79 Å². The van der Waals surface area contributed by atoms with Crippen molar-refractivity contribution in [2.45, 2.75) is 18.3 Å². The first kappa shape index (κ1) is 15.3. The number of carboxylic acid groups (broad SMARTS) is 1. The van der Waals surface area contributed by atoms with Crippen LogP contribution < -0.4 is 4.33 Å². The zero-order valence-electron chi connectivity index (χ0n) is 7.16. The zero-order valence-corrected chi connectivity index (χ0v) is 11.8. The zero-order chi connectivity index (χ0) is 8.69. The Kier molecular flexibility index (Phi) is 12.6. The number of carbonyl (C=O) groups is 1. The van der Waals surface area contributed by atoms with Crippen molar-refractivity contribution in [1.82, 2.24) is 4.33 Å². The molecule has 12 heavy (non-hydrogen) atoms. The molecule has 0 aromatic carbocycles. The molecule has 0 fully saturated rings. The molecule has 0 aliphatic heterocycles. The Hall–Kier alpha value is 0.819. The van der Waals surface area contributed by atoms with E-state index in [4.69, 9.17) is 5.11 Å². The van der Waals surface area contributed by atoms with E-state index in [0.29, 0.717) is 6.42 Å². The molecule has 0 saturated heterocycles. The van der Waals surface area contributed by atoms with Crippen molar-refractivity contribution in [3.05, 3.63) is 0 Å². The van der Waals surface area contributed by atoms with Gasteiger partial charge in [0.25, 0.3) is 0 Å². The van der Waals surface area contributed by atoms with Crippen LogP contribution in [0, 0.1) is 0 Å². The Labute approximate surface area is 94.3 Å². The van der Waals surface area contributed by atoms with E-state index in [1.807, 2.05) is 12.1 Å². The van der Waals surface area contributed by atoms with Crippen molar-refractivity contribution in [3.8, 4) is 0 Å². The SMILES string of the molecule is CSCCC(N[Se]C)C(=O)O.[SeH2]. The summed E-state index contributed by atoms with van der Waals surface area (Å²) in [6.07, 6.45) is 2.70. The summed E-state index contributed by atoms with van der Waals surface area (Å²) < 4.78 is 2.97. The van der Waals surface area contributed by atoms with Gasteiger partial charge >= 0.3 is 94.5 Å². The Bertz CT molecular complexity index is 126. The molecule has 0 amide bonds. The molecule has 0 rings (SSSR count).